The maximum absolute atomic E-state index is 12.8. The van der Waals surface area contributed by atoms with Crippen LogP contribution in [0.3, 0.4) is 0 Å². The lowest BCUT2D eigenvalue weighted by molar-refractivity contribution is -0.0498. The molecule has 0 radical (unpaired) electrons. The summed E-state index contributed by atoms with van der Waals surface area (Å²) >= 11 is 0. The number of halogens is 2. The maximum Gasteiger partial charge on any atom is 0.387 e. The largest absolute Gasteiger partial charge is 0.435 e. The number of benzene rings is 1. The van der Waals surface area contributed by atoms with Gasteiger partial charge < -0.3 is 15.2 Å². The lowest BCUT2D eigenvalue weighted by atomic mass is 10.1. The van der Waals surface area contributed by atoms with Crippen molar-refractivity contribution in [3.8, 4) is 22.7 Å². The van der Waals surface area contributed by atoms with E-state index in [0.29, 0.717) is 11.3 Å². The van der Waals surface area contributed by atoms with Crippen LogP contribution < -0.4 is 15.6 Å². The molecule has 0 unspecified atom stereocenters. The number of carbonyl (C=O) groups is 1. The first-order valence-electron chi connectivity index (χ1n) is 8.48. The number of aliphatic hydroxyl groups is 1. The predicted octanol–water partition coefficient (Wildman–Crippen LogP) is 1.62. The fourth-order valence-electron chi connectivity index (χ4n) is 2.52. The topological polar surface area (TPSA) is 106 Å². The van der Waals surface area contributed by atoms with Crippen LogP contribution in [0.5, 0.6) is 5.75 Å². The molecule has 3 aromatic rings. The van der Waals surface area contributed by atoms with Crippen molar-refractivity contribution in [1.82, 2.24) is 20.1 Å². The van der Waals surface area contributed by atoms with E-state index < -0.39 is 18.1 Å². The standard InChI is InChI=1S/C19H16F2N4O4/c20-19(21)29-14-5-3-12(4-6-14)16-10-15(17(27)23-8-9-26)18(28)25(24-16)13-2-1-7-22-11-13/h1-7,10-11,19,26H,8-9H2,(H,23,27). The van der Waals surface area contributed by atoms with E-state index in [1.165, 1.54) is 42.7 Å². The number of rotatable bonds is 7. The molecular weight excluding hydrogens is 386 g/mol. The van der Waals surface area contributed by atoms with Gasteiger partial charge in [-0.25, -0.2) is 0 Å². The Bertz CT molecular complexity index is 1040. The molecule has 0 atom stereocenters. The molecule has 2 N–H and O–H groups in total. The monoisotopic (exact) mass is 402 g/mol. The van der Waals surface area contributed by atoms with Crippen LogP contribution in [0.25, 0.3) is 16.9 Å². The molecule has 0 aliphatic carbocycles. The average Bonchev–Trinajstić information content (AvgIpc) is 2.73. The molecule has 1 amide bonds. The lowest BCUT2D eigenvalue weighted by Gasteiger charge is -2.11. The zero-order valence-corrected chi connectivity index (χ0v) is 15.0. The molecule has 0 spiro atoms. The Labute approximate surface area is 163 Å². The molecule has 3 rings (SSSR count). The van der Waals surface area contributed by atoms with E-state index in [2.05, 4.69) is 20.1 Å². The lowest BCUT2D eigenvalue weighted by Crippen LogP contribution is -2.35. The third kappa shape index (κ3) is 4.79. The zero-order chi connectivity index (χ0) is 20.8. The summed E-state index contributed by atoms with van der Waals surface area (Å²) in [6, 6.07) is 10.1. The highest BCUT2D eigenvalue weighted by molar-refractivity contribution is 5.94. The predicted molar refractivity (Wildman–Crippen MR) is 99.1 cm³/mol. The maximum atomic E-state index is 12.8. The molecule has 0 saturated carbocycles. The third-order valence-corrected chi connectivity index (χ3v) is 3.82. The van der Waals surface area contributed by atoms with Gasteiger partial charge in [0, 0.05) is 18.3 Å². The average molecular weight is 402 g/mol. The number of alkyl halides is 2. The molecular formula is C19H16F2N4O4. The Kier molecular flexibility index (Phi) is 6.25. The quantitative estimate of drug-likeness (QED) is 0.622. The molecule has 8 nitrogen and oxygen atoms in total. The van der Waals surface area contributed by atoms with Gasteiger partial charge in [-0.2, -0.15) is 18.6 Å². The first-order chi connectivity index (χ1) is 14.0. The summed E-state index contributed by atoms with van der Waals surface area (Å²) in [5, 5.41) is 15.6. The van der Waals surface area contributed by atoms with Gasteiger partial charge in [-0.15, -0.1) is 0 Å². The molecule has 150 valence electrons. The van der Waals surface area contributed by atoms with Crippen molar-refractivity contribution < 1.29 is 23.4 Å². The molecule has 0 bridgehead atoms. The van der Waals surface area contributed by atoms with Crippen LogP contribution in [0.4, 0.5) is 8.78 Å². The summed E-state index contributed by atoms with van der Waals surface area (Å²) < 4.78 is 30.0. The van der Waals surface area contributed by atoms with Crippen LogP contribution in [0, 0.1) is 0 Å². The van der Waals surface area contributed by atoms with Crippen LogP contribution in [0.2, 0.25) is 0 Å². The van der Waals surface area contributed by atoms with Crippen molar-refractivity contribution in [2.75, 3.05) is 13.2 Å². The van der Waals surface area contributed by atoms with E-state index in [0.717, 1.165) is 4.68 Å². The minimum Gasteiger partial charge on any atom is -0.435 e. The second-order valence-electron chi connectivity index (χ2n) is 5.75. The summed E-state index contributed by atoms with van der Waals surface area (Å²) in [6.07, 6.45) is 2.93. The van der Waals surface area contributed by atoms with Crippen molar-refractivity contribution in [2.45, 2.75) is 6.61 Å². The number of hydrogen-bond donors (Lipinski definition) is 2. The van der Waals surface area contributed by atoms with E-state index in [9.17, 15) is 18.4 Å². The number of nitrogens with zero attached hydrogens (tertiary/aromatic N) is 3. The second kappa shape index (κ2) is 9.02. The minimum absolute atomic E-state index is 0.0253. The highest BCUT2D eigenvalue weighted by Gasteiger charge is 2.17. The molecule has 0 aliphatic heterocycles. The van der Waals surface area contributed by atoms with Gasteiger partial charge in [0.2, 0.25) is 0 Å². The minimum atomic E-state index is -2.95. The summed E-state index contributed by atoms with van der Waals surface area (Å²) in [7, 11) is 0. The first kappa shape index (κ1) is 20.1. The Morgan fingerprint density at radius 1 is 1.24 bits per heavy atom. The summed E-state index contributed by atoms with van der Waals surface area (Å²) in [4.78, 5) is 29.1. The van der Waals surface area contributed by atoms with Crippen LogP contribution in [-0.4, -0.2) is 45.5 Å². The Hall–Kier alpha value is -3.66. The summed E-state index contributed by atoms with van der Waals surface area (Å²) in [6.45, 7) is -3.26. The van der Waals surface area contributed by atoms with Crippen LogP contribution in [0.15, 0.2) is 59.7 Å². The Morgan fingerprint density at radius 2 is 2.00 bits per heavy atom. The van der Waals surface area contributed by atoms with Gasteiger partial charge >= 0.3 is 6.61 Å². The molecule has 0 aliphatic rings. The number of amides is 1. The highest BCUT2D eigenvalue weighted by Crippen LogP contribution is 2.22. The van der Waals surface area contributed by atoms with Crippen LogP contribution >= 0.6 is 0 Å². The van der Waals surface area contributed by atoms with E-state index in [-0.39, 0.29) is 30.2 Å². The fraction of sp³-hybridized carbons (Fsp3) is 0.158. The number of aliphatic hydroxyl groups excluding tert-OH is 1. The molecule has 2 aromatic heterocycles. The SMILES string of the molecule is O=C(NCCO)c1cc(-c2ccc(OC(F)F)cc2)nn(-c2cccnc2)c1=O. The van der Waals surface area contributed by atoms with Crippen molar-refractivity contribution in [1.29, 1.82) is 0 Å². The third-order valence-electron chi connectivity index (χ3n) is 3.82. The number of ether oxygens (including phenoxy) is 1. The first-order valence-corrected chi connectivity index (χ1v) is 8.48. The highest BCUT2D eigenvalue weighted by atomic mass is 19.3. The molecule has 29 heavy (non-hydrogen) atoms. The van der Waals surface area contributed by atoms with Gasteiger partial charge in [0.25, 0.3) is 11.5 Å². The van der Waals surface area contributed by atoms with Crippen molar-refractivity contribution in [3.05, 3.63) is 70.8 Å². The van der Waals surface area contributed by atoms with E-state index in [1.54, 1.807) is 12.1 Å². The van der Waals surface area contributed by atoms with E-state index in [4.69, 9.17) is 5.11 Å². The Morgan fingerprint density at radius 3 is 2.62 bits per heavy atom. The number of hydrogen-bond acceptors (Lipinski definition) is 6. The number of aromatic nitrogens is 3. The number of carbonyl (C=O) groups excluding carboxylic acids is 1. The normalized spacial score (nSPS) is 10.8. The van der Waals surface area contributed by atoms with Gasteiger partial charge in [-0.3, -0.25) is 14.6 Å². The van der Waals surface area contributed by atoms with Gasteiger partial charge in [0.15, 0.2) is 0 Å². The smallest absolute Gasteiger partial charge is 0.387 e. The van der Waals surface area contributed by atoms with E-state index in [1.807, 2.05) is 0 Å². The fourth-order valence-corrected chi connectivity index (χ4v) is 2.52. The molecule has 1 aromatic carbocycles. The van der Waals surface area contributed by atoms with Crippen LogP contribution in [0.1, 0.15) is 10.4 Å². The van der Waals surface area contributed by atoms with Gasteiger partial charge in [0.1, 0.15) is 11.3 Å². The molecule has 0 fully saturated rings. The van der Waals surface area contributed by atoms with Gasteiger partial charge in [-0.05, 0) is 42.5 Å². The zero-order valence-electron chi connectivity index (χ0n) is 15.0. The molecule has 10 heteroatoms. The Balaban J connectivity index is 2.09. The summed E-state index contributed by atoms with van der Waals surface area (Å²) in [5.74, 6) is -0.715. The second-order valence-corrected chi connectivity index (χ2v) is 5.75. The van der Waals surface area contributed by atoms with Crippen molar-refractivity contribution in [3.63, 3.8) is 0 Å². The van der Waals surface area contributed by atoms with Gasteiger partial charge in [0.05, 0.1) is 24.2 Å². The summed E-state index contributed by atoms with van der Waals surface area (Å²) in [5.41, 5.74) is 0.204. The van der Waals surface area contributed by atoms with Crippen molar-refractivity contribution >= 4 is 5.91 Å². The number of pyridine rings is 1. The molecule has 0 saturated heterocycles. The number of nitrogens with one attached hydrogen (secondary N) is 1. The van der Waals surface area contributed by atoms with Crippen molar-refractivity contribution in [2.24, 2.45) is 0 Å². The van der Waals surface area contributed by atoms with Gasteiger partial charge in [-0.1, -0.05) is 0 Å². The van der Waals surface area contributed by atoms with E-state index >= 15 is 0 Å². The molecule has 2 heterocycles. The van der Waals surface area contributed by atoms with Crippen LogP contribution in [-0.2, 0) is 0 Å².